The van der Waals surface area contributed by atoms with Crippen LogP contribution in [0, 0.1) is 5.92 Å². The molecule has 2 heterocycles. The van der Waals surface area contributed by atoms with Gasteiger partial charge in [0.05, 0.1) is 12.5 Å². The maximum atomic E-state index is 12.8. The van der Waals surface area contributed by atoms with E-state index in [1.807, 2.05) is 6.07 Å². The normalized spacial score (nSPS) is 24.8. The van der Waals surface area contributed by atoms with Crippen LogP contribution in [0.1, 0.15) is 44.1 Å². The van der Waals surface area contributed by atoms with E-state index >= 15 is 0 Å². The number of carbonyl (C=O) groups is 2. The summed E-state index contributed by atoms with van der Waals surface area (Å²) in [6.45, 7) is 1.01. The van der Waals surface area contributed by atoms with Crippen LogP contribution >= 0.6 is 0 Å². The van der Waals surface area contributed by atoms with E-state index in [1.165, 1.54) is 6.42 Å². The summed E-state index contributed by atoms with van der Waals surface area (Å²) in [6, 6.07) is 1.52. The van der Waals surface area contributed by atoms with E-state index in [2.05, 4.69) is 5.32 Å². The van der Waals surface area contributed by atoms with Crippen molar-refractivity contribution in [3.05, 3.63) is 24.2 Å². The molecule has 0 aromatic carbocycles. The van der Waals surface area contributed by atoms with Crippen LogP contribution in [-0.2, 0) is 16.1 Å². The number of amides is 2. The molecule has 1 atom stereocenters. The van der Waals surface area contributed by atoms with Crippen LogP contribution in [0.5, 0.6) is 0 Å². The van der Waals surface area contributed by atoms with Gasteiger partial charge in [0.25, 0.3) is 0 Å². The minimum Gasteiger partial charge on any atom is -0.472 e. The van der Waals surface area contributed by atoms with Crippen LogP contribution in [0.2, 0.25) is 0 Å². The topological polar surface area (TPSA) is 62.6 Å². The molecule has 5 heteroatoms. The van der Waals surface area contributed by atoms with Gasteiger partial charge < -0.3 is 14.6 Å². The summed E-state index contributed by atoms with van der Waals surface area (Å²) < 4.78 is 5.07. The highest BCUT2D eigenvalue weighted by Crippen LogP contribution is 2.28. The first kappa shape index (κ1) is 14.2. The molecule has 0 bridgehead atoms. The summed E-state index contributed by atoms with van der Waals surface area (Å²) in [5.41, 5.74) is 0.972. The summed E-state index contributed by atoms with van der Waals surface area (Å²) in [4.78, 5) is 26.5. The lowest BCUT2D eigenvalue weighted by Crippen LogP contribution is -2.49. The Morgan fingerprint density at radius 3 is 2.76 bits per heavy atom. The van der Waals surface area contributed by atoms with Crippen molar-refractivity contribution in [2.45, 2.75) is 51.1 Å². The Labute approximate surface area is 124 Å². The van der Waals surface area contributed by atoms with Gasteiger partial charge in [-0.2, -0.15) is 0 Å². The first-order chi connectivity index (χ1) is 10.2. The van der Waals surface area contributed by atoms with Crippen molar-refractivity contribution in [1.29, 1.82) is 0 Å². The highest BCUT2D eigenvalue weighted by Gasteiger charge is 2.36. The summed E-state index contributed by atoms with van der Waals surface area (Å²) in [7, 11) is 0. The minimum absolute atomic E-state index is 0.00591. The molecule has 5 nitrogen and oxygen atoms in total. The number of rotatable bonds is 3. The standard InChI is InChI=1S/C16H22N2O3/c19-14-6-8-18(10-12-7-9-21-11-12)16(20)15(17-14)13-4-2-1-3-5-13/h7,9,11,13,15H,1-6,8,10H2,(H,17,19). The SMILES string of the molecule is O=C1CCN(Cc2ccoc2)C(=O)C(C2CCCCC2)N1. The number of nitrogens with zero attached hydrogens (tertiary/aromatic N) is 1. The van der Waals surface area contributed by atoms with Crippen molar-refractivity contribution in [3.63, 3.8) is 0 Å². The Kier molecular flexibility index (Phi) is 4.27. The van der Waals surface area contributed by atoms with Gasteiger partial charge in [0.15, 0.2) is 0 Å². The zero-order valence-corrected chi connectivity index (χ0v) is 12.2. The average Bonchev–Trinajstić information content (AvgIpc) is 2.97. The van der Waals surface area contributed by atoms with Gasteiger partial charge in [-0.05, 0) is 24.8 Å². The highest BCUT2D eigenvalue weighted by atomic mass is 16.3. The van der Waals surface area contributed by atoms with Crippen molar-refractivity contribution < 1.29 is 14.0 Å². The lowest BCUT2D eigenvalue weighted by Gasteiger charge is -2.31. The van der Waals surface area contributed by atoms with Gasteiger partial charge in [-0.1, -0.05) is 19.3 Å². The summed E-state index contributed by atoms with van der Waals surface area (Å²) in [5, 5.41) is 2.95. The van der Waals surface area contributed by atoms with Gasteiger partial charge in [-0.15, -0.1) is 0 Å². The van der Waals surface area contributed by atoms with Crippen molar-refractivity contribution >= 4 is 11.8 Å². The van der Waals surface area contributed by atoms with Crippen LogP contribution in [-0.4, -0.2) is 29.3 Å². The monoisotopic (exact) mass is 290 g/mol. The lowest BCUT2D eigenvalue weighted by atomic mass is 9.83. The summed E-state index contributed by atoms with van der Waals surface area (Å²) in [5.74, 6) is 0.350. The molecule has 1 saturated carbocycles. The van der Waals surface area contributed by atoms with E-state index in [4.69, 9.17) is 4.42 Å². The van der Waals surface area contributed by atoms with Gasteiger partial charge in [0, 0.05) is 25.1 Å². The molecule has 1 aromatic heterocycles. The van der Waals surface area contributed by atoms with Crippen molar-refractivity contribution in [2.24, 2.45) is 5.92 Å². The fourth-order valence-electron chi connectivity index (χ4n) is 3.40. The molecular formula is C16H22N2O3. The van der Waals surface area contributed by atoms with Gasteiger partial charge in [-0.25, -0.2) is 0 Å². The van der Waals surface area contributed by atoms with E-state index in [0.29, 0.717) is 25.4 Å². The lowest BCUT2D eigenvalue weighted by molar-refractivity contribution is -0.136. The molecule has 0 radical (unpaired) electrons. The van der Waals surface area contributed by atoms with Crippen molar-refractivity contribution in [3.8, 4) is 0 Å². The van der Waals surface area contributed by atoms with Gasteiger partial charge >= 0.3 is 0 Å². The van der Waals surface area contributed by atoms with Crippen molar-refractivity contribution in [2.75, 3.05) is 6.54 Å². The Balaban J connectivity index is 1.74. The second-order valence-corrected chi connectivity index (χ2v) is 6.08. The van der Waals surface area contributed by atoms with Crippen LogP contribution in [0.15, 0.2) is 23.0 Å². The first-order valence-electron chi connectivity index (χ1n) is 7.83. The molecule has 21 heavy (non-hydrogen) atoms. The zero-order valence-electron chi connectivity index (χ0n) is 12.2. The van der Waals surface area contributed by atoms with E-state index in [1.54, 1.807) is 17.4 Å². The second kappa shape index (κ2) is 6.33. The largest absolute Gasteiger partial charge is 0.472 e. The number of nitrogens with one attached hydrogen (secondary N) is 1. The summed E-state index contributed by atoms with van der Waals surface area (Å²) in [6.07, 6.45) is 9.28. The quantitative estimate of drug-likeness (QED) is 0.927. The molecule has 1 aromatic rings. The number of furan rings is 1. The predicted molar refractivity (Wildman–Crippen MR) is 77.2 cm³/mol. The Hall–Kier alpha value is -1.78. The second-order valence-electron chi connectivity index (χ2n) is 6.08. The molecule has 0 spiro atoms. The van der Waals surface area contributed by atoms with E-state index < -0.39 is 0 Å². The van der Waals surface area contributed by atoms with Crippen LogP contribution in [0.4, 0.5) is 0 Å². The van der Waals surface area contributed by atoms with Crippen LogP contribution in [0.25, 0.3) is 0 Å². The molecule has 1 aliphatic heterocycles. The van der Waals surface area contributed by atoms with Gasteiger partial charge in [-0.3, -0.25) is 9.59 Å². The maximum absolute atomic E-state index is 12.8. The number of hydrogen-bond acceptors (Lipinski definition) is 3. The molecular weight excluding hydrogens is 268 g/mol. The number of carbonyl (C=O) groups excluding carboxylic acids is 2. The smallest absolute Gasteiger partial charge is 0.245 e. The molecule has 2 aliphatic rings. The third kappa shape index (κ3) is 3.28. The van der Waals surface area contributed by atoms with Crippen LogP contribution in [0.3, 0.4) is 0 Å². The summed E-state index contributed by atoms with van der Waals surface area (Å²) >= 11 is 0. The Morgan fingerprint density at radius 1 is 1.24 bits per heavy atom. The Bertz CT molecular complexity index is 492. The fraction of sp³-hybridized carbons (Fsp3) is 0.625. The van der Waals surface area contributed by atoms with Crippen LogP contribution < -0.4 is 5.32 Å². The molecule has 2 amide bonds. The average molecular weight is 290 g/mol. The first-order valence-corrected chi connectivity index (χ1v) is 7.83. The molecule has 3 rings (SSSR count). The highest BCUT2D eigenvalue weighted by molar-refractivity contribution is 5.90. The fourth-order valence-corrected chi connectivity index (χ4v) is 3.40. The van der Waals surface area contributed by atoms with Gasteiger partial charge in [0.2, 0.25) is 11.8 Å². The number of hydrogen-bond donors (Lipinski definition) is 1. The minimum atomic E-state index is -0.341. The predicted octanol–water partition coefficient (Wildman–Crippen LogP) is 2.08. The molecule has 1 saturated heterocycles. The van der Waals surface area contributed by atoms with Crippen molar-refractivity contribution in [1.82, 2.24) is 10.2 Å². The van der Waals surface area contributed by atoms with E-state index in [-0.39, 0.29) is 17.9 Å². The zero-order chi connectivity index (χ0) is 14.7. The molecule has 1 N–H and O–H groups in total. The van der Waals surface area contributed by atoms with Gasteiger partial charge in [0.1, 0.15) is 6.04 Å². The third-order valence-corrected chi connectivity index (χ3v) is 4.58. The third-order valence-electron chi connectivity index (χ3n) is 4.58. The maximum Gasteiger partial charge on any atom is 0.245 e. The molecule has 2 fully saturated rings. The molecule has 1 unspecified atom stereocenters. The van der Waals surface area contributed by atoms with E-state index in [9.17, 15) is 9.59 Å². The molecule has 114 valence electrons. The Morgan fingerprint density at radius 2 is 2.05 bits per heavy atom. The molecule has 1 aliphatic carbocycles. The van der Waals surface area contributed by atoms with E-state index in [0.717, 1.165) is 31.2 Å².